The molecule has 0 radical (unpaired) electrons. The van der Waals surface area contributed by atoms with Crippen LogP contribution in [0.4, 0.5) is 0 Å². The smallest absolute Gasteiger partial charge is 0.338 e. The molecule has 2 aromatic carbocycles. The number of benzene rings is 2. The highest BCUT2D eigenvalue weighted by Crippen LogP contribution is 2.19. The first-order valence-corrected chi connectivity index (χ1v) is 8.81. The van der Waals surface area contributed by atoms with E-state index >= 15 is 0 Å². The van der Waals surface area contributed by atoms with Gasteiger partial charge in [-0.05, 0) is 36.2 Å². The summed E-state index contributed by atoms with van der Waals surface area (Å²) < 4.78 is 20.0. The first-order chi connectivity index (χ1) is 14.0. The number of amides is 1. The van der Waals surface area contributed by atoms with Crippen molar-refractivity contribution >= 4 is 17.8 Å². The zero-order chi connectivity index (χ0) is 21.2. The largest absolute Gasteiger partial charge is 0.496 e. The Morgan fingerprint density at radius 1 is 0.897 bits per heavy atom. The van der Waals surface area contributed by atoms with E-state index in [-0.39, 0.29) is 29.4 Å². The van der Waals surface area contributed by atoms with E-state index in [1.54, 1.807) is 7.11 Å². The lowest BCUT2D eigenvalue weighted by molar-refractivity contribution is -0.123. The van der Waals surface area contributed by atoms with Crippen LogP contribution in [0.25, 0.3) is 0 Å². The monoisotopic (exact) mass is 401 g/mol. The molecule has 0 fully saturated rings. The molecule has 0 saturated heterocycles. The summed E-state index contributed by atoms with van der Waals surface area (Å²) in [5.74, 6) is -0.687. The van der Waals surface area contributed by atoms with Crippen LogP contribution < -0.4 is 14.8 Å². The lowest BCUT2D eigenvalue weighted by Crippen LogP contribution is -2.30. The predicted octanol–water partition coefficient (Wildman–Crippen LogP) is 2.01. The van der Waals surface area contributed by atoms with E-state index in [4.69, 9.17) is 9.47 Å². The number of carbonyl (C=O) groups excluding carboxylic acids is 3. The Hall–Kier alpha value is -3.55. The Bertz CT molecular complexity index is 845. The first kappa shape index (κ1) is 21.7. The van der Waals surface area contributed by atoms with Gasteiger partial charge in [-0.15, -0.1) is 0 Å². The van der Waals surface area contributed by atoms with Gasteiger partial charge in [0.15, 0.2) is 6.61 Å². The van der Waals surface area contributed by atoms with E-state index in [0.717, 1.165) is 11.3 Å². The second kappa shape index (κ2) is 10.7. The zero-order valence-electron chi connectivity index (χ0n) is 16.5. The van der Waals surface area contributed by atoms with Crippen molar-refractivity contribution in [1.82, 2.24) is 5.32 Å². The van der Waals surface area contributed by atoms with Gasteiger partial charge in [0.1, 0.15) is 11.5 Å². The molecule has 0 heterocycles. The van der Waals surface area contributed by atoms with Crippen molar-refractivity contribution in [2.24, 2.45) is 0 Å². The van der Waals surface area contributed by atoms with Crippen molar-refractivity contribution < 1.29 is 33.3 Å². The minimum atomic E-state index is -0.637. The average molecular weight is 401 g/mol. The van der Waals surface area contributed by atoms with Gasteiger partial charge in [-0.25, -0.2) is 9.59 Å². The summed E-state index contributed by atoms with van der Waals surface area (Å²) in [6.45, 7) is 0.120. The minimum absolute atomic E-state index is 0.113. The van der Waals surface area contributed by atoms with Crippen molar-refractivity contribution in [2.45, 2.75) is 6.42 Å². The van der Waals surface area contributed by atoms with Crippen molar-refractivity contribution in [3.63, 3.8) is 0 Å². The Morgan fingerprint density at radius 2 is 1.52 bits per heavy atom. The molecular weight excluding hydrogens is 378 g/mol. The second-order valence-corrected chi connectivity index (χ2v) is 5.93. The van der Waals surface area contributed by atoms with Crippen LogP contribution in [0.15, 0.2) is 42.5 Å². The van der Waals surface area contributed by atoms with E-state index in [1.807, 2.05) is 24.3 Å². The number of carbonyl (C=O) groups is 3. The van der Waals surface area contributed by atoms with Crippen LogP contribution in [0.1, 0.15) is 26.3 Å². The summed E-state index contributed by atoms with van der Waals surface area (Å²) in [5, 5.41) is 2.75. The number of rotatable bonds is 9. The first-order valence-electron chi connectivity index (χ1n) is 8.81. The van der Waals surface area contributed by atoms with Crippen molar-refractivity contribution in [3.8, 4) is 11.5 Å². The van der Waals surface area contributed by atoms with E-state index in [2.05, 4.69) is 14.8 Å². The quantitative estimate of drug-likeness (QED) is 0.642. The molecule has 2 rings (SSSR count). The SMILES string of the molecule is COC(=O)c1cc(OCC(=O)NCCc2ccccc2OC)cc(C(=O)OC)c1. The Morgan fingerprint density at radius 3 is 2.10 bits per heavy atom. The van der Waals surface area contributed by atoms with Crippen LogP contribution in [0.3, 0.4) is 0 Å². The summed E-state index contributed by atoms with van der Waals surface area (Å²) in [6, 6.07) is 11.7. The predicted molar refractivity (Wildman–Crippen MR) is 104 cm³/mol. The van der Waals surface area contributed by atoms with Gasteiger partial charge < -0.3 is 24.3 Å². The summed E-state index contributed by atoms with van der Waals surface area (Å²) >= 11 is 0. The Balaban J connectivity index is 1.95. The number of methoxy groups -OCH3 is 3. The van der Waals surface area contributed by atoms with Crippen LogP contribution >= 0.6 is 0 Å². The van der Waals surface area contributed by atoms with Crippen LogP contribution in [-0.4, -0.2) is 52.3 Å². The molecule has 0 aliphatic heterocycles. The molecule has 154 valence electrons. The highest BCUT2D eigenvalue weighted by Gasteiger charge is 2.15. The number of esters is 2. The molecule has 0 aliphatic rings. The number of ether oxygens (including phenoxy) is 4. The third kappa shape index (κ3) is 6.24. The van der Waals surface area contributed by atoms with E-state index < -0.39 is 11.9 Å². The lowest BCUT2D eigenvalue weighted by Gasteiger charge is -2.11. The average Bonchev–Trinajstić information content (AvgIpc) is 2.76. The van der Waals surface area contributed by atoms with Gasteiger partial charge in [0, 0.05) is 6.54 Å². The van der Waals surface area contributed by atoms with Crippen LogP contribution in [0.2, 0.25) is 0 Å². The van der Waals surface area contributed by atoms with E-state index in [1.165, 1.54) is 32.4 Å². The molecule has 8 nitrogen and oxygen atoms in total. The normalized spacial score (nSPS) is 10.0. The summed E-state index contributed by atoms with van der Waals surface area (Å²) in [5.41, 5.74) is 1.20. The topological polar surface area (TPSA) is 100 Å². The third-order valence-electron chi connectivity index (χ3n) is 4.03. The third-order valence-corrected chi connectivity index (χ3v) is 4.03. The maximum absolute atomic E-state index is 12.1. The van der Waals surface area contributed by atoms with Gasteiger partial charge >= 0.3 is 11.9 Å². The van der Waals surface area contributed by atoms with Gasteiger partial charge in [0.05, 0.1) is 32.5 Å². The lowest BCUT2D eigenvalue weighted by atomic mass is 10.1. The zero-order valence-corrected chi connectivity index (χ0v) is 16.5. The van der Waals surface area contributed by atoms with E-state index in [0.29, 0.717) is 13.0 Å². The maximum Gasteiger partial charge on any atom is 0.338 e. The molecule has 8 heteroatoms. The van der Waals surface area contributed by atoms with Crippen LogP contribution in [0, 0.1) is 0 Å². The highest BCUT2D eigenvalue weighted by molar-refractivity contribution is 5.96. The van der Waals surface area contributed by atoms with Crippen molar-refractivity contribution in [3.05, 3.63) is 59.2 Å². The Labute approximate surface area is 168 Å². The molecule has 0 unspecified atom stereocenters. The summed E-state index contributed by atoms with van der Waals surface area (Å²) in [7, 11) is 4.04. The molecule has 29 heavy (non-hydrogen) atoms. The number of hydrogen-bond acceptors (Lipinski definition) is 7. The molecule has 0 bridgehead atoms. The molecule has 1 N–H and O–H groups in total. The summed E-state index contributed by atoms with van der Waals surface area (Å²) in [4.78, 5) is 35.6. The Kier molecular flexibility index (Phi) is 8.02. The van der Waals surface area contributed by atoms with Crippen molar-refractivity contribution in [1.29, 1.82) is 0 Å². The molecule has 0 aromatic heterocycles. The minimum Gasteiger partial charge on any atom is -0.496 e. The fourth-order valence-corrected chi connectivity index (χ4v) is 2.60. The van der Waals surface area contributed by atoms with Gasteiger partial charge in [0.25, 0.3) is 5.91 Å². The fourth-order valence-electron chi connectivity index (χ4n) is 2.60. The van der Waals surface area contributed by atoms with Gasteiger partial charge in [-0.1, -0.05) is 18.2 Å². The van der Waals surface area contributed by atoms with Crippen LogP contribution in [-0.2, 0) is 20.7 Å². The molecule has 2 aromatic rings. The maximum atomic E-state index is 12.1. The van der Waals surface area contributed by atoms with Gasteiger partial charge in [-0.3, -0.25) is 4.79 Å². The molecule has 1 amide bonds. The van der Waals surface area contributed by atoms with Gasteiger partial charge in [0.2, 0.25) is 0 Å². The molecule has 0 spiro atoms. The van der Waals surface area contributed by atoms with E-state index in [9.17, 15) is 14.4 Å². The highest BCUT2D eigenvalue weighted by atomic mass is 16.5. The number of nitrogens with one attached hydrogen (secondary N) is 1. The molecule has 0 aliphatic carbocycles. The van der Waals surface area contributed by atoms with Crippen LogP contribution in [0.5, 0.6) is 11.5 Å². The van der Waals surface area contributed by atoms with Crippen molar-refractivity contribution in [2.75, 3.05) is 34.5 Å². The molecular formula is C21H23NO7. The summed E-state index contributed by atoms with van der Waals surface area (Å²) in [6.07, 6.45) is 0.597. The standard InChI is InChI=1S/C21H23NO7/c1-26-18-7-5-4-6-14(18)8-9-22-19(23)13-29-17-11-15(20(24)27-2)10-16(12-17)21(25)28-3/h4-7,10-12H,8-9,13H2,1-3H3,(H,22,23). The number of hydrogen-bond donors (Lipinski definition) is 1. The van der Waals surface area contributed by atoms with Gasteiger partial charge in [-0.2, -0.15) is 0 Å². The molecule has 0 saturated carbocycles. The number of para-hydroxylation sites is 1. The second-order valence-electron chi connectivity index (χ2n) is 5.93. The molecule has 0 atom stereocenters. The fraction of sp³-hybridized carbons (Fsp3) is 0.286.